The first kappa shape index (κ1) is 12.1. The molecule has 1 N–H and O–H groups in total. The number of aromatic nitrogens is 3. The molecule has 0 spiro atoms. The van der Waals surface area contributed by atoms with Crippen molar-refractivity contribution in [1.29, 1.82) is 0 Å². The van der Waals surface area contributed by atoms with Gasteiger partial charge in [0.1, 0.15) is 18.7 Å². The second-order valence-corrected chi connectivity index (χ2v) is 3.61. The number of carboxylic acid groups (broad SMARTS) is 1. The van der Waals surface area contributed by atoms with E-state index in [2.05, 4.69) is 10.1 Å². The van der Waals surface area contributed by atoms with E-state index in [1.807, 2.05) is 6.92 Å². The van der Waals surface area contributed by atoms with Gasteiger partial charge in [-0.05, 0) is 31.2 Å². The molecule has 6 heteroatoms. The highest BCUT2D eigenvalue weighted by Crippen LogP contribution is 2.13. The van der Waals surface area contributed by atoms with E-state index in [1.165, 1.54) is 18.5 Å². The fourth-order valence-electron chi connectivity index (χ4n) is 1.51. The normalized spacial score (nSPS) is 10.3. The van der Waals surface area contributed by atoms with Crippen molar-refractivity contribution in [3.63, 3.8) is 0 Å². The van der Waals surface area contributed by atoms with Gasteiger partial charge in [-0.1, -0.05) is 0 Å². The number of ether oxygens (including phenoxy) is 1. The lowest BCUT2D eigenvalue weighted by Crippen LogP contribution is -2.07. The second kappa shape index (κ2) is 5.31. The van der Waals surface area contributed by atoms with Crippen molar-refractivity contribution in [1.82, 2.24) is 14.8 Å². The van der Waals surface area contributed by atoms with Crippen LogP contribution in [0, 0.1) is 0 Å². The molecule has 0 unspecified atom stereocenters. The van der Waals surface area contributed by atoms with Gasteiger partial charge in [0.05, 0.1) is 5.56 Å². The minimum atomic E-state index is -0.952. The van der Waals surface area contributed by atoms with Crippen LogP contribution in [0.3, 0.4) is 0 Å². The Morgan fingerprint density at radius 3 is 2.72 bits per heavy atom. The number of hydrogen-bond acceptors (Lipinski definition) is 4. The zero-order valence-corrected chi connectivity index (χ0v) is 9.91. The second-order valence-electron chi connectivity index (χ2n) is 3.61. The number of rotatable bonds is 5. The summed E-state index contributed by atoms with van der Waals surface area (Å²) in [6.45, 7) is 3.01. The lowest BCUT2D eigenvalue weighted by Gasteiger charge is -2.06. The van der Waals surface area contributed by atoms with E-state index < -0.39 is 5.97 Å². The zero-order valence-electron chi connectivity index (χ0n) is 9.91. The summed E-state index contributed by atoms with van der Waals surface area (Å²) in [4.78, 5) is 14.8. The Balaban J connectivity index is 2.00. The van der Waals surface area contributed by atoms with E-state index in [4.69, 9.17) is 9.84 Å². The zero-order chi connectivity index (χ0) is 13.0. The van der Waals surface area contributed by atoms with Crippen molar-refractivity contribution >= 4 is 5.97 Å². The van der Waals surface area contributed by atoms with Crippen molar-refractivity contribution in [2.24, 2.45) is 0 Å². The van der Waals surface area contributed by atoms with Crippen LogP contribution < -0.4 is 4.74 Å². The quantitative estimate of drug-likeness (QED) is 0.867. The molecule has 0 radical (unpaired) electrons. The number of hydrogen-bond donors (Lipinski definition) is 1. The molecule has 0 aliphatic carbocycles. The summed E-state index contributed by atoms with van der Waals surface area (Å²) in [5.41, 5.74) is 0.235. The van der Waals surface area contributed by atoms with Gasteiger partial charge in [0.2, 0.25) is 0 Å². The highest BCUT2D eigenvalue weighted by Gasteiger charge is 2.05. The SMILES string of the molecule is CCn1ncnc1COc1ccc(C(=O)O)cc1. The third-order valence-corrected chi connectivity index (χ3v) is 2.46. The molecule has 2 aromatic rings. The Morgan fingerprint density at radius 1 is 1.39 bits per heavy atom. The maximum absolute atomic E-state index is 10.7. The number of carboxylic acids is 1. The van der Waals surface area contributed by atoms with Crippen molar-refractivity contribution in [3.8, 4) is 5.75 Å². The van der Waals surface area contributed by atoms with Crippen LogP contribution in [-0.2, 0) is 13.2 Å². The lowest BCUT2D eigenvalue weighted by atomic mass is 10.2. The van der Waals surface area contributed by atoms with E-state index in [9.17, 15) is 4.79 Å². The molecule has 94 valence electrons. The molecule has 1 heterocycles. The molecule has 0 aliphatic heterocycles. The first-order valence-corrected chi connectivity index (χ1v) is 5.53. The predicted molar refractivity (Wildman–Crippen MR) is 63.4 cm³/mol. The summed E-state index contributed by atoms with van der Waals surface area (Å²) >= 11 is 0. The maximum Gasteiger partial charge on any atom is 0.335 e. The average Bonchev–Trinajstić information content (AvgIpc) is 2.84. The van der Waals surface area contributed by atoms with Crippen LogP contribution in [0.15, 0.2) is 30.6 Å². The Hall–Kier alpha value is -2.37. The molecule has 1 aromatic heterocycles. The summed E-state index contributed by atoms with van der Waals surface area (Å²) in [6.07, 6.45) is 1.48. The Morgan fingerprint density at radius 2 is 2.11 bits per heavy atom. The fraction of sp³-hybridized carbons (Fsp3) is 0.250. The van der Waals surface area contributed by atoms with Crippen LogP contribution in [0.2, 0.25) is 0 Å². The smallest absolute Gasteiger partial charge is 0.335 e. The van der Waals surface area contributed by atoms with Gasteiger partial charge in [0.15, 0.2) is 5.82 Å². The van der Waals surface area contributed by atoms with Crippen molar-refractivity contribution < 1.29 is 14.6 Å². The molecule has 0 atom stereocenters. The fourth-order valence-corrected chi connectivity index (χ4v) is 1.51. The first-order valence-electron chi connectivity index (χ1n) is 5.53. The van der Waals surface area contributed by atoms with Gasteiger partial charge in [-0.2, -0.15) is 5.10 Å². The highest BCUT2D eigenvalue weighted by atomic mass is 16.5. The molecule has 0 fully saturated rings. The first-order chi connectivity index (χ1) is 8.70. The minimum absolute atomic E-state index is 0.235. The Kier molecular flexibility index (Phi) is 3.57. The molecular weight excluding hydrogens is 234 g/mol. The van der Waals surface area contributed by atoms with E-state index in [0.29, 0.717) is 12.4 Å². The molecule has 0 amide bonds. The Bertz CT molecular complexity index is 534. The largest absolute Gasteiger partial charge is 0.486 e. The van der Waals surface area contributed by atoms with Crippen LogP contribution >= 0.6 is 0 Å². The number of carbonyl (C=O) groups is 1. The predicted octanol–water partition coefficient (Wildman–Crippen LogP) is 1.58. The average molecular weight is 247 g/mol. The van der Waals surface area contributed by atoms with Gasteiger partial charge in [0.25, 0.3) is 0 Å². The summed E-state index contributed by atoms with van der Waals surface area (Å²) in [7, 11) is 0. The number of benzene rings is 1. The summed E-state index contributed by atoms with van der Waals surface area (Å²) in [5.74, 6) is 0.387. The summed E-state index contributed by atoms with van der Waals surface area (Å²) in [5, 5.41) is 12.8. The maximum atomic E-state index is 10.7. The third-order valence-electron chi connectivity index (χ3n) is 2.46. The highest BCUT2D eigenvalue weighted by molar-refractivity contribution is 5.87. The number of aryl methyl sites for hydroxylation is 1. The van der Waals surface area contributed by atoms with Crippen molar-refractivity contribution in [2.75, 3.05) is 0 Å². The monoisotopic (exact) mass is 247 g/mol. The molecule has 0 saturated heterocycles. The van der Waals surface area contributed by atoms with Gasteiger partial charge < -0.3 is 9.84 Å². The van der Waals surface area contributed by atoms with Gasteiger partial charge in [-0.15, -0.1) is 0 Å². The summed E-state index contributed by atoms with van der Waals surface area (Å²) < 4.78 is 7.25. The number of nitrogens with zero attached hydrogens (tertiary/aromatic N) is 3. The van der Waals surface area contributed by atoms with E-state index >= 15 is 0 Å². The molecule has 18 heavy (non-hydrogen) atoms. The molecule has 0 bridgehead atoms. The van der Waals surface area contributed by atoms with Crippen molar-refractivity contribution in [3.05, 3.63) is 42.0 Å². The van der Waals surface area contributed by atoms with Crippen LogP contribution in [0.1, 0.15) is 23.1 Å². The standard InChI is InChI=1S/C12H13N3O3/c1-2-15-11(13-8-14-15)7-18-10-5-3-9(4-6-10)12(16)17/h3-6,8H,2,7H2,1H3,(H,16,17). The van der Waals surface area contributed by atoms with Gasteiger partial charge in [-0.3, -0.25) is 0 Å². The number of aromatic carboxylic acids is 1. The van der Waals surface area contributed by atoms with Crippen LogP contribution in [-0.4, -0.2) is 25.8 Å². The molecule has 0 aliphatic rings. The van der Waals surface area contributed by atoms with E-state index in [1.54, 1.807) is 16.8 Å². The minimum Gasteiger partial charge on any atom is -0.486 e. The molecule has 1 aromatic carbocycles. The topological polar surface area (TPSA) is 77.2 Å². The van der Waals surface area contributed by atoms with Gasteiger partial charge >= 0.3 is 5.97 Å². The third kappa shape index (κ3) is 2.65. The summed E-state index contributed by atoms with van der Waals surface area (Å²) in [6, 6.07) is 6.25. The van der Waals surface area contributed by atoms with Gasteiger partial charge in [0, 0.05) is 6.54 Å². The Labute approximate surface area is 104 Å². The molecule has 0 saturated carbocycles. The van der Waals surface area contributed by atoms with Crippen LogP contribution in [0.4, 0.5) is 0 Å². The van der Waals surface area contributed by atoms with Gasteiger partial charge in [-0.25, -0.2) is 14.5 Å². The lowest BCUT2D eigenvalue weighted by molar-refractivity contribution is 0.0697. The van der Waals surface area contributed by atoms with E-state index in [-0.39, 0.29) is 5.56 Å². The van der Waals surface area contributed by atoms with Crippen molar-refractivity contribution in [2.45, 2.75) is 20.1 Å². The molecule has 2 rings (SSSR count). The van der Waals surface area contributed by atoms with E-state index in [0.717, 1.165) is 12.4 Å². The van der Waals surface area contributed by atoms with Crippen LogP contribution in [0.5, 0.6) is 5.75 Å². The van der Waals surface area contributed by atoms with Crippen LogP contribution in [0.25, 0.3) is 0 Å². The molecular formula is C12H13N3O3. The molecule has 6 nitrogen and oxygen atoms in total.